The van der Waals surface area contributed by atoms with Gasteiger partial charge in [-0.1, -0.05) is 13.0 Å². The fraction of sp³-hybridized carbons (Fsp3) is 0.263. The Morgan fingerprint density at radius 1 is 1.26 bits per heavy atom. The molecule has 0 aliphatic carbocycles. The Labute approximate surface area is 135 Å². The van der Waals surface area contributed by atoms with Crippen LogP contribution in [0.1, 0.15) is 31.4 Å². The van der Waals surface area contributed by atoms with Gasteiger partial charge in [-0.15, -0.1) is 0 Å². The molecule has 0 N–H and O–H groups in total. The molecular formula is C19H20N2O2. The number of fused-ring (bicyclic) bond motifs is 3. The predicted molar refractivity (Wildman–Crippen MR) is 92.3 cm³/mol. The summed E-state index contributed by atoms with van der Waals surface area (Å²) in [5.74, 6) is -0.251. The summed E-state index contributed by atoms with van der Waals surface area (Å²) in [5.41, 5.74) is 5.84. The lowest BCUT2D eigenvalue weighted by Crippen LogP contribution is -2.06. The fourth-order valence-corrected chi connectivity index (χ4v) is 2.72. The van der Waals surface area contributed by atoms with Gasteiger partial charge in [0.05, 0.1) is 29.4 Å². The molecule has 118 valence electrons. The first-order valence-electron chi connectivity index (χ1n) is 7.88. The van der Waals surface area contributed by atoms with E-state index in [4.69, 9.17) is 4.74 Å². The Kier molecular flexibility index (Phi) is 4.15. The number of hydrogen-bond acceptors (Lipinski definition) is 3. The highest BCUT2D eigenvalue weighted by Crippen LogP contribution is 2.22. The molecule has 4 nitrogen and oxygen atoms in total. The molecule has 23 heavy (non-hydrogen) atoms. The molecular weight excluding hydrogens is 288 g/mol. The van der Waals surface area contributed by atoms with Crippen LogP contribution in [0.5, 0.6) is 0 Å². The summed E-state index contributed by atoms with van der Waals surface area (Å²) in [6.45, 7) is 6.22. The van der Waals surface area contributed by atoms with Crippen molar-refractivity contribution in [3.63, 3.8) is 0 Å². The lowest BCUT2D eigenvalue weighted by molar-refractivity contribution is -0.138. The van der Waals surface area contributed by atoms with Crippen molar-refractivity contribution in [3.8, 4) is 0 Å². The van der Waals surface area contributed by atoms with Crippen molar-refractivity contribution in [1.29, 1.82) is 0 Å². The second kappa shape index (κ2) is 6.24. The Balaban J connectivity index is 2.12. The first-order chi connectivity index (χ1) is 11.1. The van der Waals surface area contributed by atoms with Gasteiger partial charge in [-0.25, -0.2) is 4.79 Å². The van der Waals surface area contributed by atoms with Gasteiger partial charge in [0.25, 0.3) is 0 Å². The van der Waals surface area contributed by atoms with Crippen LogP contribution in [-0.2, 0) is 9.53 Å². The van der Waals surface area contributed by atoms with Crippen molar-refractivity contribution in [3.05, 3.63) is 53.4 Å². The van der Waals surface area contributed by atoms with Crippen molar-refractivity contribution in [1.82, 2.24) is 9.38 Å². The average Bonchev–Trinajstić information content (AvgIpc) is 2.95. The predicted octanol–water partition coefficient (Wildman–Crippen LogP) is 4.15. The molecule has 4 heteroatoms. The highest BCUT2D eigenvalue weighted by molar-refractivity contribution is 5.95. The van der Waals surface area contributed by atoms with Gasteiger partial charge < -0.3 is 9.14 Å². The molecule has 0 spiro atoms. The Bertz CT molecular complexity index is 906. The number of aryl methyl sites for hydroxylation is 1. The lowest BCUT2D eigenvalue weighted by atomic mass is 10.1. The van der Waals surface area contributed by atoms with Crippen LogP contribution in [0, 0.1) is 6.92 Å². The van der Waals surface area contributed by atoms with Gasteiger partial charge in [0.2, 0.25) is 0 Å². The van der Waals surface area contributed by atoms with E-state index in [2.05, 4.69) is 34.5 Å². The van der Waals surface area contributed by atoms with Gasteiger partial charge in [0, 0.05) is 17.3 Å². The molecule has 0 fully saturated rings. The molecule has 0 unspecified atom stereocenters. The zero-order valence-corrected chi connectivity index (χ0v) is 13.7. The second-order valence-corrected chi connectivity index (χ2v) is 5.52. The van der Waals surface area contributed by atoms with E-state index >= 15 is 0 Å². The van der Waals surface area contributed by atoms with Gasteiger partial charge >= 0.3 is 5.97 Å². The van der Waals surface area contributed by atoms with E-state index in [0.29, 0.717) is 18.6 Å². The van der Waals surface area contributed by atoms with Gasteiger partial charge in [-0.05, 0) is 50.1 Å². The molecule has 2 heterocycles. The highest BCUT2D eigenvalue weighted by Gasteiger charge is 2.11. The first kappa shape index (κ1) is 15.3. The van der Waals surface area contributed by atoms with E-state index in [1.807, 2.05) is 38.4 Å². The quantitative estimate of drug-likeness (QED) is 0.537. The number of hydrogen-bond donors (Lipinski definition) is 0. The van der Waals surface area contributed by atoms with Gasteiger partial charge in [0.15, 0.2) is 0 Å². The smallest absolute Gasteiger partial charge is 0.333 e. The van der Waals surface area contributed by atoms with Crippen molar-refractivity contribution >= 4 is 28.6 Å². The Morgan fingerprint density at radius 3 is 2.83 bits per heavy atom. The zero-order valence-electron chi connectivity index (χ0n) is 13.7. The summed E-state index contributed by atoms with van der Waals surface area (Å²) in [6, 6.07) is 8.23. The summed E-state index contributed by atoms with van der Waals surface area (Å²) < 4.78 is 7.21. The van der Waals surface area contributed by atoms with Crippen LogP contribution in [-0.4, -0.2) is 22.0 Å². The molecule has 1 aromatic carbocycles. The highest BCUT2D eigenvalue weighted by atomic mass is 16.5. The second-order valence-electron chi connectivity index (χ2n) is 5.52. The fourth-order valence-electron chi connectivity index (χ4n) is 2.72. The van der Waals surface area contributed by atoms with Crippen LogP contribution in [0.4, 0.5) is 0 Å². The summed E-state index contributed by atoms with van der Waals surface area (Å²) in [4.78, 5) is 16.5. The Morgan fingerprint density at radius 2 is 2.09 bits per heavy atom. The molecule has 0 radical (unpaired) electrons. The summed E-state index contributed by atoms with van der Waals surface area (Å²) in [5, 5.41) is 0. The zero-order chi connectivity index (χ0) is 16.4. The molecule has 0 bridgehead atoms. The summed E-state index contributed by atoms with van der Waals surface area (Å²) in [7, 11) is 0. The summed E-state index contributed by atoms with van der Waals surface area (Å²) in [6.07, 6.45) is 6.40. The number of esters is 1. The van der Waals surface area contributed by atoms with E-state index in [1.165, 1.54) is 5.56 Å². The maximum absolute atomic E-state index is 12.0. The third kappa shape index (κ3) is 2.84. The van der Waals surface area contributed by atoms with Gasteiger partial charge in [-0.2, -0.15) is 0 Å². The number of carbonyl (C=O) groups is 1. The standard InChI is InChI=1S/C19H20N2O2/c1-4-14(19(22)23-5-2)11-15-8-9-21-17-7-6-13(3)10-16(17)20-12-18(15)21/h6-12H,4-5H2,1-3H3/b14-11+. The number of benzene rings is 1. The molecule has 0 aliphatic heterocycles. The Hall–Kier alpha value is -2.62. The molecule has 3 rings (SSSR count). The van der Waals surface area contributed by atoms with Crippen LogP contribution in [0.3, 0.4) is 0 Å². The van der Waals surface area contributed by atoms with Crippen LogP contribution in [0.2, 0.25) is 0 Å². The van der Waals surface area contributed by atoms with Crippen molar-refractivity contribution < 1.29 is 9.53 Å². The number of ether oxygens (including phenoxy) is 1. The van der Waals surface area contributed by atoms with Crippen molar-refractivity contribution in [2.75, 3.05) is 6.61 Å². The summed E-state index contributed by atoms with van der Waals surface area (Å²) >= 11 is 0. The van der Waals surface area contributed by atoms with Gasteiger partial charge in [-0.3, -0.25) is 4.98 Å². The van der Waals surface area contributed by atoms with E-state index in [0.717, 1.165) is 22.1 Å². The van der Waals surface area contributed by atoms with E-state index in [-0.39, 0.29) is 5.97 Å². The number of rotatable bonds is 4. The monoisotopic (exact) mass is 308 g/mol. The molecule has 2 aromatic heterocycles. The van der Waals surface area contributed by atoms with Crippen LogP contribution in [0.25, 0.3) is 22.6 Å². The molecule has 0 saturated carbocycles. The van der Waals surface area contributed by atoms with Crippen LogP contribution >= 0.6 is 0 Å². The minimum atomic E-state index is -0.251. The van der Waals surface area contributed by atoms with E-state index < -0.39 is 0 Å². The topological polar surface area (TPSA) is 43.6 Å². The van der Waals surface area contributed by atoms with E-state index in [1.54, 1.807) is 0 Å². The minimum Gasteiger partial charge on any atom is -0.463 e. The van der Waals surface area contributed by atoms with E-state index in [9.17, 15) is 4.79 Å². The molecule has 3 aromatic rings. The first-order valence-corrected chi connectivity index (χ1v) is 7.88. The molecule has 0 saturated heterocycles. The molecule has 0 aliphatic rings. The third-order valence-electron chi connectivity index (χ3n) is 3.92. The third-order valence-corrected chi connectivity index (χ3v) is 3.92. The van der Waals surface area contributed by atoms with Crippen molar-refractivity contribution in [2.24, 2.45) is 0 Å². The van der Waals surface area contributed by atoms with Crippen molar-refractivity contribution in [2.45, 2.75) is 27.2 Å². The number of aromatic nitrogens is 2. The minimum absolute atomic E-state index is 0.251. The average molecular weight is 308 g/mol. The SMILES string of the molecule is CCOC(=O)/C(=C/c1ccn2c1cnc1cc(C)ccc12)CC. The number of nitrogens with zero attached hydrogens (tertiary/aromatic N) is 2. The molecule has 0 amide bonds. The van der Waals surface area contributed by atoms with Gasteiger partial charge in [0.1, 0.15) is 0 Å². The maximum atomic E-state index is 12.0. The largest absolute Gasteiger partial charge is 0.463 e. The maximum Gasteiger partial charge on any atom is 0.333 e. The van der Waals surface area contributed by atoms with Crippen LogP contribution < -0.4 is 0 Å². The number of carbonyl (C=O) groups excluding carboxylic acids is 1. The molecule has 0 atom stereocenters. The van der Waals surface area contributed by atoms with Crippen LogP contribution in [0.15, 0.2) is 42.2 Å². The normalized spacial score (nSPS) is 12.0. The lowest BCUT2D eigenvalue weighted by Gasteiger charge is -2.05.